The number of nitrogens with one attached hydrogen (secondary N) is 2. The first kappa shape index (κ1) is 18.0. The molecule has 4 nitrogen and oxygen atoms in total. The number of carbonyl (C=O) groups excluding carboxylic acids is 1. The van der Waals surface area contributed by atoms with Gasteiger partial charge in [-0.25, -0.2) is 0 Å². The van der Waals surface area contributed by atoms with Crippen LogP contribution in [0.3, 0.4) is 0 Å². The van der Waals surface area contributed by atoms with Gasteiger partial charge in [-0.2, -0.15) is 13.2 Å². The molecule has 1 aliphatic heterocycles. The number of aryl methyl sites for hydroxylation is 1. The predicted molar refractivity (Wildman–Crippen MR) is 82.8 cm³/mol. The van der Waals surface area contributed by atoms with E-state index in [0.29, 0.717) is 42.3 Å². The lowest BCUT2D eigenvalue weighted by Gasteiger charge is -2.35. The van der Waals surface area contributed by atoms with E-state index in [-0.39, 0.29) is 0 Å². The number of nitrogens with zero attached hydrogens (tertiary/aromatic N) is 1. The van der Waals surface area contributed by atoms with Crippen molar-refractivity contribution in [1.82, 2.24) is 15.5 Å². The molecule has 2 N–H and O–H groups in total. The van der Waals surface area contributed by atoms with E-state index in [1.807, 2.05) is 0 Å². The zero-order chi connectivity index (χ0) is 17.0. The molecule has 1 aromatic carbocycles. The highest BCUT2D eigenvalue weighted by molar-refractivity contribution is 6.31. The predicted octanol–water partition coefficient (Wildman–Crippen LogP) is 2.21. The summed E-state index contributed by atoms with van der Waals surface area (Å²) in [5, 5.41) is 5.91. The molecule has 0 aliphatic carbocycles. The van der Waals surface area contributed by atoms with E-state index in [2.05, 4.69) is 10.6 Å². The molecule has 128 valence electrons. The zero-order valence-electron chi connectivity index (χ0n) is 12.7. The normalized spacial score (nSPS) is 17.8. The number of hydrogen-bond acceptors (Lipinski definition) is 3. The molecule has 0 spiro atoms. The molecule has 1 fully saturated rings. The second-order valence-corrected chi connectivity index (χ2v) is 5.92. The minimum atomic E-state index is -4.39. The van der Waals surface area contributed by atoms with E-state index in [1.54, 1.807) is 19.1 Å². The molecular weight excluding hydrogens is 331 g/mol. The summed E-state index contributed by atoms with van der Waals surface area (Å²) in [4.78, 5) is 13.4. The molecule has 0 aromatic heterocycles. The van der Waals surface area contributed by atoms with E-state index >= 15 is 0 Å². The maximum atomic E-state index is 13.2. The Hall–Kier alpha value is -1.31. The Morgan fingerprint density at radius 2 is 2.04 bits per heavy atom. The van der Waals surface area contributed by atoms with Crippen LogP contribution in [0, 0.1) is 6.92 Å². The van der Waals surface area contributed by atoms with Gasteiger partial charge in [0.15, 0.2) is 0 Å². The van der Waals surface area contributed by atoms with Gasteiger partial charge in [-0.3, -0.25) is 9.69 Å². The number of rotatable bonds is 4. The monoisotopic (exact) mass is 349 g/mol. The number of amides is 1. The van der Waals surface area contributed by atoms with Crippen molar-refractivity contribution >= 4 is 17.5 Å². The molecule has 0 saturated carbocycles. The highest BCUT2D eigenvalue weighted by Crippen LogP contribution is 2.25. The van der Waals surface area contributed by atoms with Crippen LogP contribution in [0.15, 0.2) is 18.2 Å². The van der Waals surface area contributed by atoms with Gasteiger partial charge in [0.25, 0.3) is 5.91 Å². The summed E-state index contributed by atoms with van der Waals surface area (Å²) >= 11 is 5.88. The van der Waals surface area contributed by atoms with E-state index in [1.165, 1.54) is 11.0 Å². The lowest BCUT2D eigenvalue weighted by Crippen LogP contribution is -2.57. The second kappa shape index (κ2) is 7.51. The van der Waals surface area contributed by atoms with Crippen molar-refractivity contribution in [3.05, 3.63) is 34.3 Å². The van der Waals surface area contributed by atoms with E-state index in [0.717, 1.165) is 0 Å². The molecule has 1 amide bonds. The molecular formula is C15H19ClF3N3O. The summed E-state index contributed by atoms with van der Waals surface area (Å²) in [5.41, 5.74) is 1.00. The van der Waals surface area contributed by atoms with Crippen LogP contribution in [0.2, 0.25) is 5.02 Å². The van der Waals surface area contributed by atoms with Crippen molar-refractivity contribution < 1.29 is 18.0 Å². The maximum Gasteiger partial charge on any atom is 0.405 e. The third-order valence-corrected chi connectivity index (χ3v) is 4.27. The Morgan fingerprint density at radius 1 is 1.39 bits per heavy atom. The molecule has 0 radical (unpaired) electrons. The lowest BCUT2D eigenvalue weighted by atomic mass is 10.1. The average molecular weight is 350 g/mol. The van der Waals surface area contributed by atoms with Gasteiger partial charge in [-0.05, 0) is 30.7 Å². The number of halogens is 4. The van der Waals surface area contributed by atoms with Crippen molar-refractivity contribution in [1.29, 1.82) is 0 Å². The summed E-state index contributed by atoms with van der Waals surface area (Å²) in [6.07, 6.45) is -4.39. The number of carbonyl (C=O) groups is 1. The van der Waals surface area contributed by atoms with Gasteiger partial charge >= 0.3 is 6.18 Å². The van der Waals surface area contributed by atoms with E-state index in [4.69, 9.17) is 11.6 Å². The molecule has 1 aromatic rings. The third kappa shape index (κ3) is 4.83. The standard InChI is InChI=1S/C15H19ClF3N3O/c1-10-8-11(2-3-12(10)16)14(23)21-9-13(15(17,18)19)22-6-4-20-5-7-22/h2-3,8,13,20H,4-7,9H2,1H3,(H,21,23). The maximum absolute atomic E-state index is 13.2. The van der Waals surface area contributed by atoms with Gasteiger partial charge in [0.05, 0.1) is 0 Å². The summed E-state index contributed by atoms with van der Waals surface area (Å²) in [6.45, 7) is 2.90. The van der Waals surface area contributed by atoms with Gasteiger partial charge < -0.3 is 10.6 Å². The van der Waals surface area contributed by atoms with Crippen LogP contribution in [0.25, 0.3) is 0 Å². The van der Waals surface area contributed by atoms with Crippen molar-refractivity contribution in [3.63, 3.8) is 0 Å². The van der Waals surface area contributed by atoms with E-state index in [9.17, 15) is 18.0 Å². The van der Waals surface area contributed by atoms with Gasteiger partial charge in [0.2, 0.25) is 0 Å². The largest absolute Gasteiger partial charge is 0.405 e. The minimum absolute atomic E-state index is 0.299. The quantitative estimate of drug-likeness (QED) is 0.876. The van der Waals surface area contributed by atoms with Crippen LogP contribution in [-0.4, -0.2) is 55.7 Å². The van der Waals surface area contributed by atoms with Crippen molar-refractivity contribution in [3.8, 4) is 0 Å². The SMILES string of the molecule is Cc1cc(C(=O)NCC(N2CCNCC2)C(F)(F)F)ccc1Cl. The topological polar surface area (TPSA) is 44.4 Å². The van der Waals surface area contributed by atoms with Crippen LogP contribution >= 0.6 is 11.6 Å². The van der Waals surface area contributed by atoms with E-state index < -0.39 is 24.7 Å². The van der Waals surface area contributed by atoms with Crippen LogP contribution in [0.1, 0.15) is 15.9 Å². The number of hydrogen-bond donors (Lipinski definition) is 2. The number of piperazine rings is 1. The molecule has 8 heteroatoms. The molecule has 2 rings (SSSR count). The fourth-order valence-corrected chi connectivity index (χ4v) is 2.64. The molecule has 1 heterocycles. The summed E-state index contributed by atoms with van der Waals surface area (Å²) in [6, 6.07) is 2.94. The molecule has 1 saturated heterocycles. The van der Waals surface area contributed by atoms with Gasteiger partial charge in [-0.15, -0.1) is 0 Å². The van der Waals surface area contributed by atoms with Crippen molar-refractivity contribution in [2.75, 3.05) is 32.7 Å². The zero-order valence-corrected chi connectivity index (χ0v) is 13.5. The first-order valence-electron chi connectivity index (χ1n) is 7.35. The second-order valence-electron chi connectivity index (χ2n) is 5.52. The molecule has 1 unspecified atom stereocenters. The van der Waals surface area contributed by atoms with Crippen molar-refractivity contribution in [2.45, 2.75) is 19.1 Å². The third-order valence-electron chi connectivity index (χ3n) is 3.85. The van der Waals surface area contributed by atoms with Gasteiger partial charge in [-0.1, -0.05) is 11.6 Å². The van der Waals surface area contributed by atoms with Gasteiger partial charge in [0.1, 0.15) is 6.04 Å². The molecule has 23 heavy (non-hydrogen) atoms. The number of benzene rings is 1. The minimum Gasteiger partial charge on any atom is -0.350 e. The summed E-state index contributed by atoms with van der Waals surface area (Å²) < 4.78 is 39.7. The molecule has 0 bridgehead atoms. The first-order valence-corrected chi connectivity index (χ1v) is 7.72. The Balaban J connectivity index is 2.02. The first-order chi connectivity index (χ1) is 10.8. The average Bonchev–Trinajstić information content (AvgIpc) is 2.49. The lowest BCUT2D eigenvalue weighted by molar-refractivity contribution is -0.183. The van der Waals surface area contributed by atoms with Gasteiger partial charge in [0, 0.05) is 43.3 Å². The Labute approximate surface area is 138 Å². The summed E-state index contributed by atoms with van der Waals surface area (Å²) in [5.74, 6) is -0.533. The Bertz CT molecular complexity index is 559. The fourth-order valence-electron chi connectivity index (χ4n) is 2.52. The fraction of sp³-hybridized carbons (Fsp3) is 0.533. The van der Waals surface area contributed by atoms with Crippen LogP contribution < -0.4 is 10.6 Å². The van der Waals surface area contributed by atoms with Crippen molar-refractivity contribution in [2.24, 2.45) is 0 Å². The van der Waals surface area contributed by atoms with Crippen LogP contribution in [-0.2, 0) is 0 Å². The highest BCUT2D eigenvalue weighted by atomic mass is 35.5. The number of alkyl halides is 3. The van der Waals surface area contributed by atoms with Crippen LogP contribution in [0.4, 0.5) is 13.2 Å². The molecule has 1 atom stereocenters. The Morgan fingerprint density at radius 3 is 2.61 bits per heavy atom. The van der Waals surface area contributed by atoms with Crippen LogP contribution in [0.5, 0.6) is 0 Å². The summed E-state index contributed by atoms with van der Waals surface area (Å²) in [7, 11) is 0. The highest BCUT2D eigenvalue weighted by Gasteiger charge is 2.43. The smallest absolute Gasteiger partial charge is 0.350 e. The Kier molecular flexibility index (Phi) is 5.89. The molecule has 1 aliphatic rings.